The third-order valence-corrected chi connectivity index (χ3v) is 4.28. The Hall–Kier alpha value is -2.20. The summed E-state index contributed by atoms with van der Waals surface area (Å²) in [6.07, 6.45) is -0.272. The molecule has 0 saturated heterocycles. The van der Waals surface area contributed by atoms with Crippen LogP contribution in [0.15, 0.2) is 72.8 Å². The normalized spacial score (nSPS) is 12.6. The van der Waals surface area contributed by atoms with Gasteiger partial charge in [-0.25, -0.2) is 0 Å². The first-order valence-corrected chi connectivity index (χ1v) is 8.15. The molecule has 3 aromatic rings. The number of ether oxygens (including phenoxy) is 2. The first-order chi connectivity index (χ1) is 11.8. The molecule has 3 rings (SSSR count). The highest BCUT2D eigenvalue weighted by Crippen LogP contribution is 2.29. The molecule has 0 aliphatic heterocycles. The van der Waals surface area contributed by atoms with Crippen LogP contribution in [0.3, 0.4) is 0 Å². The van der Waals surface area contributed by atoms with Crippen LogP contribution in [0.1, 0.15) is 17.2 Å². The molecule has 0 aromatic heterocycles. The smallest absolute Gasteiger partial charge is 0.169 e. The van der Waals surface area contributed by atoms with E-state index < -0.39 is 0 Å². The monoisotopic (exact) mass is 321 g/mol. The summed E-state index contributed by atoms with van der Waals surface area (Å²) in [5.41, 5.74) is 2.48. The zero-order valence-electron chi connectivity index (χ0n) is 14.1. The number of nitrogens with one attached hydrogen (secondary N) is 1. The molecule has 3 aromatic carbocycles. The molecule has 0 heterocycles. The van der Waals surface area contributed by atoms with Crippen molar-refractivity contribution in [3.8, 4) is 0 Å². The predicted molar refractivity (Wildman–Crippen MR) is 98.0 cm³/mol. The van der Waals surface area contributed by atoms with E-state index in [2.05, 4.69) is 72.0 Å². The zero-order valence-corrected chi connectivity index (χ0v) is 14.1. The average molecular weight is 321 g/mol. The second kappa shape index (κ2) is 8.06. The van der Waals surface area contributed by atoms with Crippen LogP contribution in [0.2, 0.25) is 0 Å². The summed E-state index contributed by atoms with van der Waals surface area (Å²) in [7, 11) is 3.32. The second-order valence-corrected chi connectivity index (χ2v) is 5.72. The first kappa shape index (κ1) is 16.7. The Kier molecular flexibility index (Phi) is 5.59. The van der Waals surface area contributed by atoms with Gasteiger partial charge in [-0.3, -0.25) is 0 Å². The average Bonchev–Trinajstić information content (AvgIpc) is 2.66. The molecule has 3 heteroatoms. The minimum absolute atomic E-state index is 0.0742. The predicted octanol–water partition coefficient (Wildman–Crippen LogP) is 4.14. The number of hydrogen-bond donors (Lipinski definition) is 1. The molecule has 1 atom stereocenters. The van der Waals surface area contributed by atoms with Crippen LogP contribution >= 0.6 is 0 Å². The fourth-order valence-corrected chi connectivity index (χ4v) is 3.03. The van der Waals surface area contributed by atoms with Gasteiger partial charge < -0.3 is 14.8 Å². The van der Waals surface area contributed by atoms with E-state index in [0.29, 0.717) is 6.54 Å². The molecule has 0 aliphatic carbocycles. The van der Waals surface area contributed by atoms with Crippen molar-refractivity contribution in [2.24, 2.45) is 0 Å². The third-order valence-electron chi connectivity index (χ3n) is 4.28. The minimum atomic E-state index is -0.272. The van der Waals surface area contributed by atoms with Crippen LogP contribution in [-0.2, 0) is 9.47 Å². The Morgan fingerprint density at radius 1 is 0.792 bits per heavy atom. The summed E-state index contributed by atoms with van der Waals surface area (Å²) < 4.78 is 10.6. The lowest BCUT2D eigenvalue weighted by molar-refractivity contribution is -0.0994. The lowest BCUT2D eigenvalue weighted by Crippen LogP contribution is -2.33. The molecular formula is C21H23NO2. The van der Waals surface area contributed by atoms with Gasteiger partial charge in [-0.2, -0.15) is 0 Å². The van der Waals surface area contributed by atoms with Crippen LogP contribution < -0.4 is 5.32 Å². The van der Waals surface area contributed by atoms with Crippen LogP contribution in [-0.4, -0.2) is 27.1 Å². The van der Waals surface area contributed by atoms with E-state index in [9.17, 15) is 0 Å². The highest BCUT2D eigenvalue weighted by Gasteiger charge is 2.17. The Bertz CT molecular complexity index is 764. The Morgan fingerprint density at radius 2 is 1.46 bits per heavy atom. The largest absolute Gasteiger partial charge is 0.355 e. The van der Waals surface area contributed by atoms with Gasteiger partial charge in [0.2, 0.25) is 0 Å². The molecule has 0 spiro atoms. The van der Waals surface area contributed by atoms with Gasteiger partial charge in [-0.05, 0) is 21.9 Å². The maximum atomic E-state index is 5.32. The molecule has 0 bridgehead atoms. The standard InChI is InChI=1S/C21H23NO2/c1-23-20(24-2)15-22-21(17-10-4-3-5-11-17)19-14-8-12-16-9-6-7-13-18(16)19/h3-14,20-22H,15H2,1-2H3/t21-/m1/s1. The van der Waals surface area contributed by atoms with E-state index in [-0.39, 0.29) is 12.3 Å². The lowest BCUT2D eigenvalue weighted by Gasteiger charge is -2.24. The molecule has 0 amide bonds. The maximum Gasteiger partial charge on any atom is 0.169 e. The van der Waals surface area contributed by atoms with Crippen molar-refractivity contribution in [3.05, 3.63) is 83.9 Å². The minimum Gasteiger partial charge on any atom is -0.355 e. The highest BCUT2D eigenvalue weighted by atomic mass is 16.7. The molecule has 124 valence electrons. The lowest BCUT2D eigenvalue weighted by atomic mass is 9.93. The van der Waals surface area contributed by atoms with Gasteiger partial charge in [0.05, 0.1) is 6.04 Å². The van der Waals surface area contributed by atoms with Gasteiger partial charge in [-0.1, -0.05) is 72.8 Å². The van der Waals surface area contributed by atoms with Crippen molar-refractivity contribution in [3.63, 3.8) is 0 Å². The molecule has 24 heavy (non-hydrogen) atoms. The fourth-order valence-electron chi connectivity index (χ4n) is 3.03. The Labute approximate surface area is 143 Å². The number of benzene rings is 3. The van der Waals surface area contributed by atoms with E-state index in [1.807, 2.05) is 6.07 Å². The number of methoxy groups -OCH3 is 2. The summed E-state index contributed by atoms with van der Waals surface area (Å²) in [5, 5.41) is 6.10. The fraction of sp³-hybridized carbons (Fsp3) is 0.238. The third kappa shape index (κ3) is 3.65. The number of hydrogen-bond acceptors (Lipinski definition) is 3. The van der Waals surface area contributed by atoms with E-state index in [4.69, 9.17) is 9.47 Å². The molecule has 0 aliphatic rings. The zero-order chi connectivity index (χ0) is 16.8. The topological polar surface area (TPSA) is 30.5 Å². The molecule has 0 unspecified atom stereocenters. The summed E-state index contributed by atoms with van der Waals surface area (Å²) in [6.45, 7) is 0.607. The first-order valence-electron chi connectivity index (χ1n) is 8.15. The van der Waals surface area contributed by atoms with Gasteiger partial charge in [0, 0.05) is 20.8 Å². The van der Waals surface area contributed by atoms with E-state index in [0.717, 1.165) is 0 Å². The van der Waals surface area contributed by atoms with Crippen LogP contribution in [0.25, 0.3) is 10.8 Å². The van der Waals surface area contributed by atoms with E-state index in [1.54, 1.807) is 14.2 Å². The maximum absolute atomic E-state index is 5.32. The Morgan fingerprint density at radius 3 is 2.21 bits per heavy atom. The van der Waals surface area contributed by atoms with Crippen molar-refractivity contribution in [2.75, 3.05) is 20.8 Å². The van der Waals surface area contributed by atoms with Crippen LogP contribution in [0, 0.1) is 0 Å². The molecule has 0 saturated carbocycles. The number of rotatable bonds is 7. The quantitative estimate of drug-likeness (QED) is 0.664. The Balaban J connectivity index is 2.00. The second-order valence-electron chi connectivity index (χ2n) is 5.72. The highest BCUT2D eigenvalue weighted by molar-refractivity contribution is 5.86. The van der Waals surface area contributed by atoms with E-state index >= 15 is 0 Å². The molecular weight excluding hydrogens is 298 g/mol. The summed E-state index contributed by atoms with van der Waals surface area (Å²) in [6, 6.07) is 25.5. The molecule has 0 radical (unpaired) electrons. The SMILES string of the molecule is COC(CN[C@H](c1ccccc1)c1cccc2ccccc12)OC. The van der Waals surface area contributed by atoms with Gasteiger partial charge >= 0.3 is 0 Å². The van der Waals surface area contributed by atoms with Gasteiger partial charge in [0.1, 0.15) is 0 Å². The van der Waals surface area contributed by atoms with Crippen LogP contribution in [0.4, 0.5) is 0 Å². The summed E-state index contributed by atoms with van der Waals surface area (Å²) in [4.78, 5) is 0. The van der Waals surface area contributed by atoms with E-state index in [1.165, 1.54) is 21.9 Å². The van der Waals surface area contributed by atoms with Gasteiger partial charge in [0.25, 0.3) is 0 Å². The van der Waals surface area contributed by atoms with Crippen molar-refractivity contribution >= 4 is 10.8 Å². The van der Waals surface area contributed by atoms with Crippen molar-refractivity contribution in [1.29, 1.82) is 0 Å². The van der Waals surface area contributed by atoms with Crippen molar-refractivity contribution in [2.45, 2.75) is 12.3 Å². The molecule has 3 nitrogen and oxygen atoms in total. The van der Waals surface area contributed by atoms with Crippen LogP contribution in [0.5, 0.6) is 0 Å². The van der Waals surface area contributed by atoms with Crippen molar-refractivity contribution < 1.29 is 9.47 Å². The number of fused-ring (bicyclic) bond motifs is 1. The molecule has 0 fully saturated rings. The van der Waals surface area contributed by atoms with Gasteiger partial charge in [-0.15, -0.1) is 0 Å². The van der Waals surface area contributed by atoms with Gasteiger partial charge in [0.15, 0.2) is 6.29 Å². The molecule has 1 N–H and O–H groups in total. The summed E-state index contributed by atoms with van der Waals surface area (Å²) in [5.74, 6) is 0. The summed E-state index contributed by atoms with van der Waals surface area (Å²) >= 11 is 0. The van der Waals surface area contributed by atoms with Crippen molar-refractivity contribution in [1.82, 2.24) is 5.32 Å².